The van der Waals surface area contributed by atoms with Gasteiger partial charge in [0.25, 0.3) is 11.1 Å². The van der Waals surface area contributed by atoms with Crippen molar-refractivity contribution in [3.63, 3.8) is 0 Å². The minimum atomic E-state index is -0.409. The van der Waals surface area contributed by atoms with Crippen molar-refractivity contribution in [3.05, 3.63) is 65.5 Å². The van der Waals surface area contributed by atoms with Gasteiger partial charge < -0.3 is 4.42 Å². The quantitative estimate of drug-likeness (QED) is 0.708. The Balaban J connectivity index is 1.78. The van der Waals surface area contributed by atoms with Crippen LogP contribution in [0.3, 0.4) is 0 Å². The van der Waals surface area contributed by atoms with Gasteiger partial charge in [0, 0.05) is 29.4 Å². The summed E-state index contributed by atoms with van der Waals surface area (Å²) in [4.78, 5) is 27.5. The fourth-order valence-corrected chi connectivity index (χ4v) is 3.27. The average molecular weight is 348 g/mol. The van der Waals surface area contributed by atoms with Gasteiger partial charge in [0.1, 0.15) is 11.3 Å². The molecule has 1 N–H and O–H groups in total. The van der Waals surface area contributed by atoms with Gasteiger partial charge in [-0.2, -0.15) is 0 Å². The fraction of sp³-hybridized carbons (Fsp3) is 0. The second-order valence-electron chi connectivity index (χ2n) is 5.43. The number of pyridine rings is 1. The predicted octanol–water partition coefficient (Wildman–Crippen LogP) is 4.46. The van der Waals surface area contributed by atoms with E-state index in [1.807, 2.05) is 24.3 Å². The number of furan rings is 1. The van der Waals surface area contributed by atoms with Crippen LogP contribution >= 0.6 is 11.8 Å². The van der Waals surface area contributed by atoms with Gasteiger partial charge >= 0.3 is 0 Å². The number of carbonyl (C=O) groups excluding carboxylic acids is 2. The van der Waals surface area contributed by atoms with Crippen molar-refractivity contribution in [1.29, 1.82) is 0 Å². The molecule has 0 spiro atoms. The molecule has 0 unspecified atom stereocenters. The highest BCUT2D eigenvalue weighted by atomic mass is 32.2. The number of benzene rings is 1. The van der Waals surface area contributed by atoms with Crippen LogP contribution in [0.5, 0.6) is 0 Å². The highest BCUT2D eigenvalue weighted by Crippen LogP contribution is 2.32. The van der Waals surface area contributed by atoms with Crippen molar-refractivity contribution in [2.75, 3.05) is 0 Å². The number of imide groups is 1. The lowest BCUT2D eigenvalue weighted by Crippen LogP contribution is -2.17. The molecule has 1 aromatic carbocycles. The molecule has 0 radical (unpaired) electrons. The van der Waals surface area contributed by atoms with E-state index < -0.39 is 5.91 Å². The van der Waals surface area contributed by atoms with E-state index in [0.717, 1.165) is 33.8 Å². The first kappa shape index (κ1) is 15.4. The van der Waals surface area contributed by atoms with E-state index in [-0.39, 0.29) is 5.24 Å². The SMILES string of the molecule is C=Cc1ccc(-c2cncc3cc(/C=C4\SC(=O)NC4=O)oc23)cc1. The Morgan fingerprint density at radius 3 is 2.64 bits per heavy atom. The van der Waals surface area contributed by atoms with E-state index in [9.17, 15) is 9.59 Å². The Labute approximate surface area is 147 Å². The lowest BCUT2D eigenvalue weighted by atomic mass is 10.0. The highest BCUT2D eigenvalue weighted by Gasteiger charge is 2.25. The van der Waals surface area contributed by atoms with Crippen LogP contribution in [0, 0.1) is 0 Å². The van der Waals surface area contributed by atoms with Gasteiger partial charge in [-0.25, -0.2) is 0 Å². The van der Waals surface area contributed by atoms with Crippen LogP contribution in [0.15, 0.2) is 58.6 Å². The molecule has 1 aliphatic rings. The molecule has 6 heteroatoms. The minimum Gasteiger partial charge on any atom is -0.456 e. The van der Waals surface area contributed by atoms with Crippen LogP contribution in [0.1, 0.15) is 11.3 Å². The molecule has 0 aliphatic carbocycles. The summed E-state index contributed by atoms with van der Waals surface area (Å²) in [7, 11) is 0. The highest BCUT2D eigenvalue weighted by molar-refractivity contribution is 8.18. The lowest BCUT2D eigenvalue weighted by Gasteiger charge is -2.02. The van der Waals surface area contributed by atoms with Crippen LogP contribution in [-0.2, 0) is 4.79 Å². The van der Waals surface area contributed by atoms with Crippen LogP contribution in [0.4, 0.5) is 4.79 Å². The Kier molecular flexibility index (Phi) is 3.74. The minimum absolute atomic E-state index is 0.314. The zero-order valence-electron chi connectivity index (χ0n) is 13.0. The molecule has 3 aromatic rings. The summed E-state index contributed by atoms with van der Waals surface area (Å²) < 4.78 is 5.91. The van der Waals surface area contributed by atoms with Gasteiger partial charge in [-0.15, -0.1) is 0 Å². The summed E-state index contributed by atoms with van der Waals surface area (Å²) in [5.41, 5.74) is 3.54. The normalized spacial score (nSPS) is 15.8. The standard InChI is InChI=1S/C19H12N2O3S/c1-2-11-3-5-12(6-4-11)15-10-20-9-13-7-14(24-17(13)15)8-16-18(22)21-19(23)25-16/h2-10H,1H2,(H,21,22,23)/b16-8-. The maximum absolute atomic E-state index is 11.7. The van der Waals surface area contributed by atoms with Gasteiger partial charge in [-0.1, -0.05) is 36.9 Å². The molecule has 1 saturated heterocycles. The topological polar surface area (TPSA) is 72.2 Å². The number of fused-ring (bicyclic) bond motifs is 1. The molecule has 122 valence electrons. The van der Waals surface area contributed by atoms with Crippen molar-refractivity contribution in [2.45, 2.75) is 0 Å². The predicted molar refractivity (Wildman–Crippen MR) is 98.6 cm³/mol. The molecule has 25 heavy (non-hydrogen) atoms. The summed E-state index contributed by atoms with van der Waals surface area (Å²) in [6.45, 7) is 3.75. The zero-order chi connectivity index (χ0) is 17.4. The third-order valence-electron chi connectivity index (χ3n) is 3.81. The zero-order valence-corrected chi connectivity index (χ0v) is 13.8. The molecule has 4 rings (SSSR count). The Morgan fingerprint density at radius 2 is 1.96 bits per heavy atom. The molecule has 3 heterocycles. The Morgan fingerprint density at radius 1 is 1.16 bits per heavy atom. The van der Waals surface area contributed by atoms with E-state index in [1.165, 1.54) is 0 Å². The molecule has 2 aromatic heterocycles. The van der Waals surface area contributed by atoms with Gasteiger partial charge in [0.2, 0.25) is 0 Å². The first-order chi connectivity index (χ1) is 12.1. The second-order valence-corrected chi connectivity index (χ2v) is 6.45. The fourth-order valence-electron chi connectivity index (χ4n) is 2.61. The van der Waals surface area contributed by atoms with E-state index in [2.05, 4.69) is 16.9 Å². The summed E-state index contributed by atoms with van der Waals surface area (Å²) in [6.07, 6.45) is 6.79. The largest absolute Gasteiger partial charge is 0.456 e. The van der Waals surface area contributed by atoms with Crippen LogP contribution < -0.4 is 5.32 Å². The first-order valence-corrected chi connectivity index (χ1v) is 8.31. The summed E-state index contributed by atoms with van der Waals surface area (Å²) in [6, 6.07) is 9.70. The van der Waals surface area contributed by atoms with E-state index in [1.54, 1.807) is 30.6 Å². The van der Waals surface area contributed by atoms with E-state index >= 15 is 0 Å². The van der Waals surface area contributed by atoms with Crippen LogP contribution in [0.2, 0.25) is 0 Å². The lowest BCUT2D eigenvalue weighted by molar-refractivity contribution is -0.115. The molecule has 1 fully saturated rings. The third kappa shape index (κ3) is 2.88. The molecular weight excluding hydrogens is 336 g/mol. The third-order valence-corrected chi connectivity index (χ3v) is 4.63. The summed E-state index contributed by atoms with van der Waals surface area (Å²) in [5, 5.41) is 2.67. The van der Waals surface area contributed by atoms with Crippen molar-refractivity contribution in [2.24, 2.45) is 0 Å². The van der Waals surface area contributed by atoms with Gasteiger partial charge in [-0.05, 0) is 29.0 Å². The first-order valence-electron chi connectivity index (χ1n) is 7.49. The Bertz CT molecular complexity index is 1050. The monoisotopic (exact) mass is 348 g/mol. The van der Waals surface area contributed by atoms with Gasteiger partial charge in [0.15, 0.2) is 0 Å². The number of rotatable bonds is 3. The van der Waals surface area contributed by atoms with Gasteiger partial charge in [0.05, 0.1) is 4.91 Å². The van der Waals surface area contributed by atoms with Crippen molar-refractivity contribution < 1.29 is 14.0 Å². The molecule has 0 saturated carbocycles. The Hall–Kier alpha value is -3.12. The molecule has 0 bridgehead atoms. The molecule has 1 aliphatic heterocycles. The second kappa shape index (κ2) is 6.07. The molecule has 5 nitrogen and oxygen atoms in total. The van der Waals surface area contributed by atoms with Crippen LogP contribution in [-0.4, -0.2) is 16.1 Å². The van der Waals surface area contributed by atoms with Crippen molar-refractivity contribution in [1.82, 2.24) is 10.3 Å². The molecule has 0 atom stereocenters. The molecule has 2 amide bonds. The number of nitrogens with one attached hydrogen (secondary N) is 1. The molecular formula is C19H12N2O3S. The number of hydrogen-bond donors (Lipinski definition) is 1. The number of hydrogen-bond acceptors (Lipinski definition) is 5. The summed E-state index contributed by atoms with van der Waals surface area (Å²) >= 11 is 0.860. The number of carbonyl (C=O) groups is 2. The smallest absolute Gasteiger partial charge is 0.290 e. The maximum atomic E-state index is 11.7. The number of aromatic nitrogens is 1. The van der Waals surface area contributed by atoms with Gasteiger partial charge in [-0.3, -0.25) is 19.9 Å². The van der Waals surface area contributed by atoms with Crippen LogP contribution in [0.25, 0.3) is 34.2 Å². The number of amides is 2. The number of thioether (sulfide) groups is 1. The maximum Gasteiger partial charge on any atom is 0.290 e. The van der Waals surface area contributed by atoms with E-state index in [4.69, 9.17) is 4.42 Å². The average Bonchev–Trinajstić information content (AvgIpc) is 3.17. The number of nitrogens with zero attached hydrogens (tertiary/aromatic N) is 1. The summed E-state index contributed by atoms with van der Waals surface area (Å²) in [5.74, 6) is 0.0909. The van der Waals surface area contributed by atoms with E-state index in [0.29, 0.717) is 16.2 Å². The van der Waals surface area contributed by atoms with Crippen molar-refractivity contribution >= 4 is 46.0 Å². The van der Waals surface area contributed by atoms with Crippen molar-refractivity contribution in [3.8, 4) is 11.1 Å².